The molecule has 0 atom stereocenters. The minimum atomic E-state index is -2.34. The van der Waals surface area contributed by atoms with Crippen molar-refractivity contribution in [2.45, 2.75) is 0 Å². The first kappa shape index (κ1) is 43.3. The van der Waals surface area contributed by atoms with Crippen LogP contribution < -0.4 is 0 Å². The number of nitrogens with zero attached hydrogens (tertiary/aromatic N) is 7. The molecule has 0 fully saturated rings. The first-order valence-corrected chi connectivity index (χ1v) is 24.3. The van der Waals surface area contributed by atoms with E-state index in [1.165, 1.54) is 0 Å². The van der Waals surface area contributed by atoms with Gasteiger partial charge in [-0.2, -0.15) is 5.26 Å². The standard InChI is InChI=1S/C63H32F5N7O/c64-53-51(54(65)56(67)57(68)55(53)66)62-70-71-63(76-62)52-58(72-43-25-9-1-17-34(43)35-18-2-10-26-44(35)72)42(33-69)59(73-45-27-11-3-19-36(45)37-20-4-12-28-46(37)73)61(75-49-31-15-7-23-40(49)41-24-8-16-32-50(41)75)60(52)74-47-29-13-5-21-38(47)39-22-6-14-30-48(39)74/h1-32H. The molecule has 76 heavy (non-hydrogen) atoms. The van der Waals surface area contributed by atoms with Gasteiger partial charge in [0.05, 0.1) is 72.4 Å². The number of aromatic nitrogens is 6. The van der Waals surface area contributed by atoms with E-state index >= 15 is 17.6 Å². The smallest absolute Gasteiger partial charge is 0.254 e. The highest BCUT2D eigenvalue weighted by Crippen LogP contribution is 2.52. The molecule has 0 aliphatic heterocycles. The Labute approximate surface area is 426 Å². The summed E-state index contributed by atoms with van der Waals surface area (Å²) >= 11 is 0. The van der Waals surface area contributed by atoms with E-state index in [1.54, 1.807) is 0 Å². The maximum absolute atomic E-state index is 16.0. The molecule has 10 aromatic carbocycles. The first-order valence-electron chi connectivity index (χ1n) is 24.3. The van der Waals surface area contributed by atoms with Crippen molar-refractivity contribution in [3.05, 3.63) is 229 Å². The minimum absolute atomic E-state index is 0.110. The lowest BCUT2D eigenvalue weighted by atomic mass is 9.97. The van der Waals surface area contributed by atoms with Gasteiger partial charge in [0.1, 0.15) is 17.2 Å². The summed E-state index contributed by atoms with van der Waals surface area (Å²) in [4.78, 5) is 0. The Balaban J connectivity index is 1.29. The highest BCUT2D eigenvalue weighted by Gasteiger charge is 2.38. The van der Waals surface area contributed by atoms with Gasteiger partial charge in [0, 0.05) is 43.1 Å². The lowest BCUT2D eigenvalue weighted by Gasteiger charge is -2.28. The second-order valence-corrected chi connectivity index (χ2v) is 18.6. The van der Waals surface area contributed by atoms with E-state index in [1.807, 2.05) is 187 Å². The zero-order valence-electron chi connectivity index (χ0n) is 39.4. The maximum Gasteiger partial charge on any atom is 0.254 e. The third-order valence-electron chi connectivity index (χ3n) is 14.8. The maximum atomic E-state index is 16.0. The molecular weight excluding hydrogens is 966 g/mol. The summed E-state index contributed by atoms with van der Waals surface area (Å²) < 4.78 is 91.9. The van der Waals surface area contributed by atoms with E-state index in [-0.39, 0.29) is 22.7 Å². The van der Waals surface area contributed by atoms with Gasteiger partial charge in [-0.1, -0.05) is 146 Å². The second-order valence-electron chi connectivity index (χ2n) is 18.6. The SMILES string of the molecule is N#Cc1c(-n2c3ccccc3c3ccccc32)c(-c2nnc(-c3c(F)c(F)c(F)c(F)c3F)o2)c(-n2c3ccccc3c3ccccc32)c(-n2c3ccccc3c3ccccc32)c1-n1c2ccccc2c2ccccc21. The Kier molecular flexibility index (Phi) is 9.16. The number of halogens is 5. The van der Waals surface area contributed by atoms with Crippen LogP contribution in [0.15, 0.2) is 199 Å². The van der Waals surface area contributed by atoms with Crippen molar-refractivity contribution >= 4 is 87.2 Å². The Morgan fingerprint density at radius 3 is 0.868 bits per heavy atom. The molecule has 13 heteroatoms. The lowest BCUT2D eigenvalue weighted by molar-refractivity contribution is 0.378. The zero-order valence-corrected chi connectivity index (χ0v) is 39.4. The van der Waals surface area contributed by atoms with E-state index in [0.29, 0.717) is 28.1 Å². The lowest BCUT2D eigenvalue weighted by Crippen LogP contribution is -2.16. The van der Waals surface area contributed by atoms with Crippen molar-refractivity contribution < 1.29 is 26.4 Å². The molecule has 0 amide bonds. The van der Waals surface area contributed by atoms with Crippen LogP contribution in [0.4, 0.5) is 22.0 Å². The molecule has 0 radical (unpaired) electrons. The summed E-state index contributed by atoms with van der Waals surface area (Å²) in [6.45, 7) is 0. The zero-order chi connectivity index (χ0) is 51.1. The van der Waals surface area contributed by atoms with Gasteiger partial charge in [0.2, 0.25) is 5.82 Å². The molecule has 0 aliphatic carbocycles. The molecule has 15 rings (SSSR count). The molecule has 5 heterocycles. The molecule has 0 unspecified atom stereocenters. The third kappa shape index (κ3) is 5.75. The fraction of sp³-hybridized carbons (Fsp3) is 0. The van der Waals surface area contributed by atoms with Crippen LogP contribution in [-0.4, -0.2) is 28.5 Å². The van der Waals surface area contributed by atoms with Gasteiger partial charge in [0.15, 0.2) is 23.3 Å². The quantitative estimate of drug-likeness (QED) is 0.0944. The normalized spacial score (nSPS) is 12.0. The van der Waals surface area contributed by atoms with Gasteiger partial charge in [-0.3, -0.25) is 0 Å². The fourth-order valence-electron chi connectivity index (χ4n) is 11.7. The predicted molar refractivity (Wildman–Crippen MR) is 287 cm³/mol. The monoisotopic (exact) mass is 997 g/mol. The molecule has 0 spiro atoms. The number of hydrogen-bond acceptors (Lipinski definition) is 4. The van der Waals surface area contributed by atoms with E-state index in [0.717, 1.165) is 76.2 Å². The first-order chi connectivity index (χ1) is 37.3. The Hall–Kier alpha value is -10.3. The Morgan fingerprint density at radius 2 is 0.553 bits per heavy atom. The van der Waals surface area contributed by atoms with Gasteiger partial charge in [0.25, 0.3) is 11.8 Å². The van der Waals surface area contributed by atoms with Gasteiger partial charge in [-0.25, -0.2) is 22.0 Å². The van der Waals surface area contributed by atoms with E-state index in [4.69, 9.17) is 4.42 Å². The van der Waals surface area contributed by atoms with Crippen molar-refractivity contribution in [3.63, 3.8) is 0 Å². The fourth-order valence-corrected chi connectivity index (χ4v) is 11.7. The number of nitriles is 1. The molecule has 0 aliphatic rings. The molecule has 15 aromatic rings. The van der Waals surface area contributed by atoms with Crippen LogP contribution in [0, 0.1) is 40.4 Å². The van der Waals surface area contributed by atoms with Crippen molar-refractivity contribution in [2.75, 3.05) is 0 Å². The van der Waals surface area contributed by atoms with Gasteiger partial charge >= 0.3 is 0 Å². The van der Waals surface area contributed by atoms with Crippen LogP contribution in [0.5, 0.6) is 0 Å². The van der Waals surface area contributed by atoms with Crippen LogP contribution in [0.3, 0.4) is 0 Å². The summed E-state index contributed by atoms with van der Waals surface area (Å²) in [7, 11) is 0. The average molecular weight is 998 g/mol. The van der Waals surface area contributed by atoms with Crippen molar-refractivity contribution in [1.29, 1.82) is 5.26 Å². The summed E-state index contributed by atoms with van der Waals surface area (Å²) in [5.41, 5.74) is 6.21. The number of rotatable bonds is 6. The number of fused-ring (bicyclic) bond motifs is 12. The number of para-hydroxylation sites is 8. The molecule has 5 aromatic heterocycles. The third-order valence-corrected chi connectivity index (χ3v) is 14.8. The van der Waals surface area contributed by atoms with Crippen molar-refractivity contribution in [1.82, 2.24) is 28.5 Å². The minimum Gasteiger partial charge on any atom is -0.416 e. The van der Waals surface area contributed by atoms with Gasteiger partial charge < -0.3 is 22.7 Å². The Bertz CT molecular complexity index is 4810. The van der Waals surface area contributed by atoms with Crippen LogP contribution in [0.1, 0.15) is 5.56 Å². The highest BCUT2D eigenvalue weighted by molar-refractivity contribution is 6.17. The van der Waals surface area contributed by atoms with Crippen molar-refractivity contribution in [2.24, 2.45) is 0 Å². The Morgan fingerprint density at radius 1 is 0.303 bits per heavy atom. The predicted octanol–water partition coefficient (Wildman–Crippen LogP) is 16.4. The van der Waals surface area contributed by atoms with E-state index in [2.05, 4.69) is 42.1 Å². The summed E-state index contributed by atoms with van der Waals surface area (Å²) in [5.74, 6) is -12.4. The van der Waals surface area contributed by atoms with Crippen LogP contribution in [0.25, 0.3) is 133 Å². The molecule has 360 valence electrons. The number of hydrogen-bond donors (Lipinski definition) is 0. The van der Waals surface area contributed by atoms with Gasteiger partial charge in [-0.15, -0.1) is 10.2 Å². The summed E-state index contributed by atoms with van der Waals surface area (Å²) in [6.07, 6.45) is 0. The molecular formula is C63H32F5N7O. The molecule has 0 saturated carbocycles. The number of benzene rings is 10. The topological polar surface area (TPSA) is 82.4 Å². The molecule has 0 bridgehead atoms. The summed E-state index contributed by atoms with van der Waals surface area (Å²) in [5, 5.41) is 28.3. The molecule has 0 saturated heterocycles. The van der Waals surface area contributed by atoms with E-state index in [9.17, 15) is 9.65 Å². The van der Waals surface area contributed by atoms with Crippen LogP contribution in [0.2, 0.25) is 0 Å². The molecule has 0 N–H and O–H groups in total. The van der Waals surface area contributed by atoms with Crippen LogP contribution in [-0.2, 0) is 0 Å². The average Bonchev–Trinajstić information content (AvgIpc) is 4.35. The summed E-state index contributed by atoms with van der Waals surface area (Å²) in [6, 6.07) is 66.0. The van der Waals surface area contributed by atoms with E-state index < -0.39 is 40.5 Å². The van der Waals surface area contributed by atoms with Crippen molar-refractivity contribution in [3.8, 4) is 51.7 Å². The molecule has 8 nitrogen and oxygen atoms in total. The highest BCUT2D eigenvalue weighted by atomic mass is 19.2. The van der Waals surface area contributed by atoms with Crippen LogP contribution >= 0.6 is 0 Å². The largest absolute Gasteiger partial charge is 0.416 e. The second kappa shape index (κ2) is 16.1. The van der Waals surface area contributed by atoms with Gasteiger partial charge in [-0.05, 0) is 48.5 Å².